The molecule has 1 fully saturated rings. The van der Waals surface area contributed by atoms with E-state index in [1.165, 1.54) is 19.3 Å². The van der Waals surface area contributed by atoms with Gasteiger partial charge in [0.2, 0.25) is 5.91 Å². The maximum atomic E-state index is 12.0. The first-order chi connectivity index (χ1) is 14.6. The van der Waals surface area contributed by atoms with E-state index in [2.05, 4.69) is 15.5 Å². The predicted molar refractivity (Wildman–Crippen MR) is 115 cm³/mol. The Hall–Kier alpha value is -3.35. The van der Waals surface area contributed by atoms with Crippen LogP contribution in [0.25, 0.3) is 0 Å². The van der Waals surface area contributed by atoms with Crippen LogP contribution in [0.4, 0.5) is 11.4 Å². The van der Waals surface area contributed by atoms with Gasteiger partial charge >= 0.3 is 5.97 Å². The van der Waals surface area contributed by atoms with E-state index in [9.17, 15) is 14.4 Å². The maximum absolute atomic E-state index is 12.0. The summed E-state index contributed by atoms with van der Waals surface area (Å²) in [4.78, 5) is 37.9. The number of piperidine rings is 1. The first-order valence-electron chi connectivity index (χ1n) is 10.2. The van der Waals surface area contributed by atoms with Crippen LogP contribution in [0, 0.1) is 0 Å². The fourth-order valence-corrected chi connectivity index (χ4v) is 3.32. The molecule has 0 atom stereocenters. The van der Waals surface area contributed by atoms with Gasteiger partial charge in [0.15, 0.2) is 6.61 Å². The summed E-state index contributed by atoms with van der Waals surface area (Å²) in [7, 11) is 0. The van der Waals surface area contributed by atoms with Crippen molar-refractivity contribution in [1.29, 1.82) is 0 Å². The quantitative estimate of drug-likeness (QED) is 0.654. The molecule has 1 aliphatic rings. The zero-order chi connectivity index (χ0) is 21.2. The fourth-order valence-electron chi connectivity index (χ4n) is 3.32. The molecule has 158 valence electrons. The minimum absolute atomic E-state index is 0.183. The van der Waals surface area contributed by atoms with Crippen LogP contribution in [0.2, 0.25) is 0 Å². The Bertz CT molecular complexity index is 847. The fraction of sp³-hybridized carbons (Fsp3) is 0.348. The molecule has 2 aromatic rings. The molecule has 1 heterocycles. The van der Waals surface area contributed by atoms with Crippen molar-refractivity contribution in [1.82, 2.24) is 5.32 Å². The lowest BCUT2D eigenvalue weighted by atomic mass is 10.1. The second-order valence-corrected chi connectivity index (χ2v) is 7.24. The number of nitrogens with zero attached hydrogens (tertiary/aromatic N) is 1. The van der Waals surface area contributed by atoms with Crippen LogP contribution in [-0.4, -0.2) is 44.0 Å². The average molecular weight is 409 g/mol. The van der Waals surface area contributed by atoms with Crippen molar-refractivity contribution in [2.75, 3.05) is 36.5 Å². The number of nitrogens with one attached hydrogen (secondary N) is 2. The molecule has 0 unspecified atom stereocenters. The second kappa shape index (κ2) is 11.0. The number of ether oxygens (including phenoxy) is 1. The topological polar surface area (TPSA) is 87.7 Å². The molecule has 2 N–H and O–H groups in total. The zero-order valence-corrected chi connectivity index (χ0v) is 16.9. The molecule has 2 aromatic carbocycles. The summed E-state index contributed by atoms with van der Waals surface area (Å²) >= 11 is 0. The van der Waals surface area contributed by atoms with Crippen LogP contribution in [0.5, 0.6) is 0 Å². The highest BCUT2D eigenvalue weighted by Gasteiger charge is 2.12. The molecule has 1 aliphatic heterocycles. The summed E-state index contributed by atoms with van der Waals surface area (Å²) in [5.74, 6) is -1.37. The maximum Gasteiger partial charge on any atom is 0.325 e. The Morgan fingerprint density at radius 1 is 0.867 bits per heavy atom. The number of benzene rings is 2. The number of carbonyl (C=O) groups is 3. The average Bonchev–Trinajstić information content (AvgIpc) is 2.78. The van der Waals surface area contributed by atoms with E-state index in [4.69, 9.17) is 4.74 Å². The minimum Gasteiger partial charge on any atom is -0.454 e. The van der Waals surface area contributed by atoms with E-state index < -0.39 is 18.5 Å². The van der Waals surface area contributed by atoms with Crippen LogP contribution in [0.1, 0.15) is 24.8 Å². The minimum atomic E-state index is -0.660. The molecule has 0 saturated carbocycles. The van der Waals surface area contributed by atoms with E-state index >= 15 is 0 Å². The zero-order valence-electron chi connectivity index (χ0n) is 16.9. The third-order valence-corrected chi connectivity index (χ3v) is 4.87. The predicted octanol–water partition coefficient (Wildman–Crippen LogP) is 2.52. The molecular weight excluding hydrogens is 382 g/mol. The van der Waals surface area contributed by atoms with E-state index in [1.54, 1.807) is 0 Å². The molecule has 7 nitrogen and oxygen atoms in total. The number of rotatable bonds is 8. The van der Waals surface area contributed by atoms with Gasteiger partial charge in [-0.15, -0.1) is 0 Å². The molecule has 7 heteroatoms. The lowest BCUT2D eigenvalue weighted by molar-refractivity contribution is -0.147. The van der Waals surface area contributed by atoms with Gasteiger partial charge in [-0.3, -0.25) is 14.4 Å². The summed E-state index contributed by atoms with van der Waals surface area (Å²) < 4.78 is 4.92. The molecule has 0 radical (unpaired) electrons. The number of hydrogen-bond acceptors (Lipinski definition) is 5. The van der Waals surface area contributed by atoms with E-state index in [0.717, 1.165) is 24.3 Å². The molecule has 3 rings (SSSR count). The number of carbonyl (C=O) groups excluding carboxylic acids is 3. The van der Waals surface area contributed by atoms with Crippen LogP contribution in [-0.2, 0) is 25.5 Å². The Kier molecular flexibility index (Phi) is 7.83. The van der Waals surface area contributed by atoms with Crippen molar-refractivity contribution >= 4 is 29.2 Å². The summed E-state index contributed by atoms with van der Waals surface area (Å²) in [5.41, 5.74) is 2.65. The van der Waals surface area contributed by atoms with Gasteiger partial charge in [0.25, 0.3) is 5.91 Å². The molecule has 2 amide bonds. The highest BCUT2D eigenvalue weighted by atomic mass is 16.5. The molecular formula is C23H27N3O4. The van der Waals surface area contributed by atoms with Crippen molar-refractivity contribution in [3.05, 3.63) is 60.2 Å². The van der Waals surface area contributed by atoms with Gasteiger partial charge < -0.3 is 20.3 Å². The molecule has 1 saturated heterocycles. The lowest BCUT2D eigenvalue weighted by Crippen LogP contribution is -2.33. The first-order valence-corrected chi connectivity index (χ1v) is 10.2. The number of amides is 2. The number of esters is 1. The van der Waals surface area contributed by atoms with Crippen LogP contribution in [0.3, 0.4) is 0 Å². The molecule has 0 spiro atoms. The Balaban J connectivity index is 1.34. The highest BCUT2D eigenvalue weighted by molar-refractivity contribution is 5.93. The summed E-state index contributed by atoms with van der Waals surface area (Å²) in [5, 5.41) is 5.19. The first kappa shape index (κ1) is 21.4. The van der Waals surface area contributed by atoms with E-state index in [1.807, 2.05) is 54.6 Å². The smallest absolute Gasteiger partial charge is 0.325 e. The normalized spacial score (nSPS) is 13.4. The van der Waals surface area contributed by atoms with Gasteiger partial charge in [0.1, 0.15) is 6.54 Å². The van der Waals surface area contributed by atoms with Gasteiger partial charge in [-0.25, -0.2) is 0 Å². The monoisotopic (exact) mass is 409 g/mol. The summed E-state index contributed by atoms with van der Waals surface area (Å²) in [6.07, 6.45) is 3.87. The number of hydrogen-bond donors (Lipinski definition) is 2. The lowest BCUT2D eigenvalue weighted by Gasteiger charge is -2.28. The Morgan fingerprint density at radius 2 is 1.57 bits per heavy atom. The van der Waals surface area contributed by atoms with Crippen molar-refractivity contribution in [2.24, 2.45) is 0 Å². The summed E-state index contributed by atoms with van der Waals surface area (Å²) in [6, 6.07) is 16.9. The van der Waals surface area contributed by atoms with Crippen molar-refractivity contribution in [3.8, 4) is 0 Å². The molecule has 30 heavy (non-hydrogen) atoms. The SMILES string of the molecule is O=C(Cc1ccccc1)NCC(=O)OCC(=O)Nc1ccc(N2CCCCC2)cc1. The van der Waals surface area contributed by atoms with Gasteiger partial charge in [0.05, 0.1) is 6.42 Å². The van der Waals surface area contributed by atoms with Gasteiger partial charge in [-0.05, 0) is 49.1 Å². The molecule has 0 bridgehead atoms. The van der Waals surface area contributed by atoms with Crippen molar-refractivity contribution in [2.45, 2.75) is 25.7 Å². The van der Waals surface area contributed by atoms with Gasteiger partial charge in [-0.2, -0.15) is 0 Å². The van der Waals surface area contributed by atoms with E-state index in [0.29, 0.717) is 5.69 Å². The van der Waals surface area contributed by atoms with Crippen molar-refractivity contribution in [3.63, 3.8) is 0 Å². The van der Waals surface area contributed by atoms with Crippen LogP contribution >= 0.6 is 0 Å². The molecule has 0 aromatic heterocycles. The third-order valence-electron chi connectivity index (χ3n) is 4.87. The largest absolute Gasteiger partial charge is 0.454 e. The number of anilines is 2. The van der Waals surface area contributed by atoms with Crippen LogP contribution in [0.15, 0.2) is 54.6 Å². The Morgan fingerprint density at radius 3 is 2.27 bits per heavy atom. The van der Waals surface area contributed by atoms with Gasteiger partial charge in [-0.1, -0.05) is 30.3 Å². The standard InChI is InChI=1S/C23H27N3O4/c27-21(15-18-7-3-1-4-8-18)24-16-23(29)30-17-22(28)25-19-9-11-20(12-10-19)26-13-5-2-6-14-26/h1,3-4,7-12H,2,5-6,13-17H2,(H,24,27)(H,25,28). The van der Waals surface area contributed by atoms with Gasteiger partial charge in [0, 0.05) is 24.5 Å². The third kappa shape index (κ3) is 6.92. The highest BCUT2D eigenvalue weighted by Crippen LogP contribution is 2.21. The second-order valence-electron chi connectivity index (χ2n) is 7.24. The van der Waals surface area contributed by atoms with Crippen molar-refractivity contribution < 1.29 is 19.1 Å². The molecule has 0 aliphatic carbocycles. The van der Waals surface area contributed by atoms with Crippen LogP contribution < -0.4 is 15.5 Å². The Labute approximate surface area is 176 Å². The van der Waals surface area contributed by atoms with E-state index in [-0.39, 0.29) is 18.9 Å². The summed E-state index contributed by atoms with van der Waals surface area (Å²) in [6.45, 7) is 1.44.